The van der Waals surface area contributed by atoms with Gasteiger partial charge in [-0.25, -0.2) is 0 Å². The molecule has 1 heterocycles. The lowest BCUT2D eigenvalue weighted by Crippen LogP contribution is -2.33. The maximum atomic E-state index is 12.5. The minimum absolute atomic E-state index is 0.0383. The van der Waals surface area contributed by atoms with Gasteiger partial charge in [0.05, 0.1) is 12.2 Å². The predicted octanol–water partition coefficient (Wildman–Crippen LogP) is 2.54. The van der Waals surface area contributed by atoms with Crippen LogP contribution in [-0.2, 0) is 9.59 Å². The number of hydrogen-bond acceptors (Lipinski definition) is 4. The van der Waals surface area contributed by atoms with E-state index in [1.165, 1.54) is 19.3 Å². The number of benzene rings is 1. The summed E-state index contributed by atoms with van der Waals surface area (Å²) in [7, 11) is 0. The van der Waals surface area contributed by atoms with Gasteiger partial charge in [0.15, 0.2) is 5.76 Å². The molecule has 21 heavy (non-hydrogen) atoms. The summed E-state index contributed by atoms with van der Waals surface area (Å²) in [6.45, 7) is 1.17. The summed E-state index contributed by atoms with van der Waals surface area (Å²) in [5.41, 5.74) is 0.474. The van der Waals surface area contributed by atoms with Crippen molar-refractivity contribution in [2.75, 3.05) is 0 Å². The molecule has 2 rings (SSSR count). The van der Waals surface area contributed by atoms with E-state index in [1.807, 2.05) is 0 Å². The van der Waals surface area contributed by atoms with E-state index in [-0.39, 0.29) is 5.76 Å². The van der Waals surface area contributed by atoms with Crippen molar-refractivity contribution >= 4 is 17.5 Å². The maximum absolute atomic E-state index is 12.5. The highest BCUT2D eigenvalue weighted by molar-refractivity contribution is 6.08. The molecule has 2 atom stereocenters. The van der Waals surface area contributed by atoms with Gasteiger partial charge >= 0.3 is 5.97 Å². The van der Waals surface area contributed by atoms with Crippen LogP contribution in [-0.4, -0.2) is 22.6 Å². The van der Waals surface area contributed by atoms with Crippen molar-refractivity contribution in [3.63, 3.8) is 0 Å². The van der Waals surface area contributed by atoms with Crippen molar-refractivity contribution < 1.29 is 23.9 Å². The second-order valence-electron chi connectivity index (χ2n) is 4.66. The van der Waals surface area contributed by atoms with Gasteiger partial charge in [-0.1, -0.05) is 30.3 Å². The first-order chi connectivity index (χ1) is 10.0. The molecule has 0 saturated carbocycles. The van der Waals surface area contributed by atoms with Crippen LogP contribution in [0.15, 0.2) is 53.1 Å². The van der Waals surface area contributed by atoms with Crippen molar-refractivity contribution in [1.29, 1.82) is 0 Å². The molecule has 0 fully saturated rings. The SMILES string of the molecule is CC(=O)C(C(=O)O)C(C(=O)c1ccco1)c1ccccc1. The molecule has 0 radical (unpaired) electrons. The molecule has 0 aliphatic rings. The van der Waals surface area contributed by atoms with Gasteiger partial charge in [0.1, 0.15) is 11.7 Å². The Morgan fingerprint density at radius 2 is 1.71 bits per heavy atom. The summed E-state index contributed by atoms with van der Waals surface area (Å²) < 4.78 is 5.05. The fraction of sp³-hybridized carbons (Fsp3) is 0.188. The van der Waals surface area contributed by atoms with Crippen molar-refractivity contribution in [3.05, 3.63) is 60.1 Å². The number of carbonyl (C=O) groups excluding carboxylic acids is 2. The molecule has 0 spiro atoms. The fourth-order valence-corrected chi connectivity index (χ4v) is 2.28. The third-order valence-electron chi connectivity index (χ3n) is 3.24. The monoisotopic (exact) mass is 286 g/mol. The summed E-state index contributed by atoms with van der Waals surface area (Å²) in [4.78, 5) is 35.7. The van der Waals surface area contributed by atoms with Crippen LogP contribution in [0.5, 0.6) is 0 Å². The molecule has 1 N–H and O–H groups in total. The lowest BCUT2D eigenvalue weighted by molar-refractivity contribution is -0.146. The molecule has 0 aliphatic carbocycles. The van der Waals surface area contributed by atoms with E-state index < -0.39 is 29.4 Å². The third-order valence-corrected chi connectivity index (χ3v) is 3.24. The van der Waals surface area contributed by atoms with Gasteiger partial charge in [0, 0.05) is 0 Å². The average Bonchev–Trinajstić information content (AvgIpc) is 2.98. The summed E-state index contributed by atoms with van der Waals surface area (Å²) in [5.74, 6) is -4.92. The van der Waals surface area contributed by atoms with Gasteiger partial charge in [0.25, 0.3) is 0 Å². The van der Waals surface area contributed by atoms with E-state index in [0.717, 1.165) is 0 Å². The molecular weight excluding hydrogens is 272 g/mol. The Kier molecular flexibility index (Phi) is 4.33. The molecule has 0 aliphatic heterocycles. The summed E-state index contributed by atoms with van der Waals surface area (Å²) >= 11 is 0. The third kappa shape index (κ3) is 3.08. The van der Waals surface area contributed by atoms with Crippen LogP contribution in [0.2, 0.25) is 0 Å². The molecule has 5 heteroatoms. The zero-order chi connectivity index (χ0) is 15.4. The molecule has 108 valence electrons. The molecule has 0 bridgehead atoms. The smallest absolute Gasteiger partial charge is 0.315 e. The van der Waals surface area contributed by atoms with E-state index in [0.29, 0.717) is 5.56 Å². The van der Waals surface area contributed by atoms with Crippen molar-refractivity contribution in [1.82, 2.24) is 0 Å². The molecule has 0 amide bonds. The van der Waals surface area contributed by atoms with E-state index in [4.69, 9.17) is 4.42 Å². The number of carboxylic acid groups (broad SMARTS) is 1. The number of aliphatic carboxylic acids is 1. The lowest BCUT2D eigenvalue weighted by atomic mass is 9.80. The normalized spacial score (nSPS) is 13.4. The standard InChI is InChI=1S/C16H14O5/c1-10(17)13(16(19)20)14(11-6-3-2-4-7-11)15(18)12-8-5-9-21-12/h2-9,13-14H,1H3,(H,19,20). The van der Waals surface area contributed by atoms with Gasteiger partial charge in [-0.3, -0.25) is 14.4 Å². The molecule has 2 aromatic rings. The summed E-state index contributed by atoms with van der Waals surface area (Å²) in [6.07, 6.45) is 1.33. The van der Waals surface area contributed by atoms with Crippen LogP contribution < -0.4 is 0 Å². The highest BCUT2D eigenvalue weighted by Crippen LogP contribution is 2.30. The minimum atomic E-state index is -1.44. The van der Waals surface area contributed by atoms with Gasteiger partial charge < -0.3 is 9.52 Å². The summed E-state index contributed by atoms with van der Waals surface area (Å²) in [6, 6.07) is 11.4. The zero-order valence-electron chi connectivity index (χ0n) is 11.4. The number of Topliss-reactive ketones (excluding diaryl/α,β-unsaturated/α-hetero) is 2. The zero-order valence-corrected chi connectivity index (χ0v) is 11.4. The first kappa shape index (κ1) is 14.7. The number of carboxylic acids is 1. The van der Waals surface area contributed by atoms with Gasteiger partial charge in [0.2, 0.25) is 5.78 Å². The largest absolute Gasteiger partial charge is 0.481 e. The van der Waals surface area contributed by atoms with E-state index in [9.17, 15) is 19.5 Å². The number of furan rings is 1. The van der Waals surface area contributed by atoms with Crippen LogP contribution in [0.3, 0.4) is 0 Å². The molecule has 5 nitrogen and oxygen atoms in total. The summed E-state index contributed by atoms with van der Waals surface area (Å²) in [5, 5.41) is 9.32. The molecule has 1 aromatic heterocycles. The van der Waals surface area contributed by atoms with E-state index in [1.54, 1.807) is 36.4 Å². The second-order valence-corrected chi connectivity index (χ2v) is 4.66. The van der Waals surface area contributed by atoms with Crippen molar-refractivity contribution in [3.8, 4) is 0 Å². The van der Waals surface area contributed by atoms with Gasteiger partial charge in [-0.2, -0.15) is 0 Å². The van der Waals surface area contributed by atoms with Gasteiger partial charge in [-0.05, 0) is 24.6 Å². The Hall–Kier alpha value is -2.69. The van der Waals surface area contributed by atoms with Crippen LogP contribution in [0.1, 0.15) is 29.0 Å². The highest BCUT2D eigenvalue weighted by Gasteiger charge is 2.39. The van der Waals surface area contributed by atoms with Crippen LogP contribution in [0.4, 0.5) is 0 Å². The molecule has 2 unspecified atom stereocenters. The topological polar surface area (TPSA) is 84.6 Å². The average molecular weight is 286 g/mol. The Bertz CT molecular complexity index is 629. The molecule has 0 saturated heterocycles. The number of rotatable bonds is 6. The van der Waals surface area contributed by atoms with Gasteiger partial charge in [-0.15, -0.1) is 0 Å². The van der Waals surface area contributed by atoms with Crippen molar-refractivity contribution in [2.24, 2.45) is 5.92 Å². The highest BCUT2D eigenvalue weighted by atomic mass is 16.4. The molecular formula is C16H14O5. The van der Waals surface area contributed by atoms with Crippen molar-refractivity contribution in [2.45, 2.75) is 12.8 Å². The number of carbonyl (C=O) groups is 3. The Balaban J connectivity index is 2.51. The predicted molar refractivity (Wildman–Crippen MR) is 74.0 cm³/mol. The molecule has 1 aromatic carbocycles. The Morgan fingerprint density at radius 1 is 1.05 bits per heavy atom. The quantitative estimate of drug-likeness (QED) is 0.651. The minimum Gasteiger partial charge on any atom is -0.481 e. The fourth-order valence-electron chi connectivity index (χ4n) is 2.28. The second kappa shape index (κ2) is 6.17. The Labute approximate surface area is 121 Å². The number of ketones is 2. The first-order valence-electron chi connectivity index (χ1n) is 6.38. The van der Waals surface area contributed by atoms with E-state index in [2.05, 4.69) is 0 Å². The van der Waals surface area contributed by atoms with Crippen LogP contribution in [0.25, 0.3) is 0 Å². The Morgan fingerprint density at radius 3 is 2.19 bits per heavy atom. The lowest BCUT2D eigenvalue weighted by Gasteiger charge is -2.20. The van der Waals surface area contributed by atoms with Crippen LogP contribution >= 0.6 is 0 Å². The first-order valence-corrected chi connectivity index (χ1v) is 6.38. The van der Waals surface area contributed by atoms with E-state index >= 15 is 0 Å². The number of hydrogen-bond donors (Lipinski definition) is 1. The van der Waals surface area contributed by atoms with Crippen LogP contribution in [0, 0.1) is 5.92 Å². The maximum Gasteiger partial charge on any atom is 0.315 e.